The van der Waals surface area contributed by atoms with Gasteiger partial charge in [-0.15, -0.1) is 0 Å². The molecule has 0 radical (unpaired) electrons. The van der Waals surface area contributed by atoms with Crippen LogP contribution in [-0.2, 0) is 4.79 Å². The molecule has 0 saturated carbocycles. The predicted molar refractivity (Wildman–Crippen MR) is 68.9 cm³/mol. The molecular weight excluding hydrogens is 268 g/mol. The molecule has 7 heteroatoms. The van der Waals surface area contributed by atoms with E-state index in [0.29, 0.717) is 25.9 Å². The number of halogens is 2. The van der Waals surface area contributed by atoms with Crippen molar-refractivity contribution in [3.63, 3.8) is 0 Å². The van der Waals surface area contributed by atoms with Gasteiger partial charge in [0.25, 0.3) is 0 Å². The highest BCUT2D eigenvalue weighted by atomic mass is 19.1. The predicted octanol–water partition coefficient (Wildman–Crippen LogP) is 1.69. The number of likely N-dealkylation sites (tertiary alicyclic amines) is 1. The summed E-state index contributed by atoms with van der Waals surface area (Å²) in [6, 6.07) is 2.33. The van der Waals surface area contributed by atoms with Gasteiger partial charge in [-0.3, -0.25) is 4.79 Å². The standard InChI is InChI=1S/C13H15F2N3O2/c14-9-1-2-10(15)11(7-9)17-13(20)18-5-3-8(4-6-18)12(16)19/h1-2,7-8H,3-6H2,(H2,16,19)(H,17,20). The molecule has 0 aliphatic carbocycles. The lowest BCUT2D eigenvalue weighted by molar-refractivity contribution is -0.122. The minimum Gasteiger partial charge on any atom is -0.369 e. The Bertz CT molecular complexity index is 528. The number of nitrogens with one attached hydrogen (secondary N) is 1. The average molecular weight is 283 g/mol. The summed E-state index contributed by atoms with van der Waals surface area (Å²) in [5, 5.41) is 2.32. The lowest BCUT2D eigenvalue weighted by atomic mass is 9.96. The first-order valence-electron chi connectivity index (χ1n) is 6.27. The van der Waals surface area contributed by atoms with Crippen molar-refractivity contribution in [2.45, 2.75) is 12.8 Å². The molecule has 3 amide bonds. The minimum atomic E-state index is -0.702. The van der Waals surface area contributed by atoms with Gasteiger partial charge in [-0.1, -0.05) is 0 Å². The second-order valence-corrected chi connectivity index (χ2v) is 4.72. The van der Waals surface area contributed by atoms with Gasteiger partial charge in [-0.25, -0.2) is 13.6 Å². The van der Waals surface area contributed by atoms with Crippen molar-refractivity contribution in [3.05, 3.63) is 29.8 Å². The van der Waals surface area contributed by atoms with E-state index in [1.807, 2.05) is 0 Å². The van der Waals surface area contributed by atoms with Crippen LogP contribution in [0.4, 0.5) is 19.3 Å². The van der Waals surface area contributed by atoms with Gasteiger partial charge in [-0.05, 0) is 25.0 Å². The molecule has 1 saturated heterocycles. The van der Waals surface area contributed by atoms with Crippen molar-refractivity contribution in [2.24, 2.45) is 11.7 Å². The number of nitrogens with two attached hydrogens (primary N) is 1. The fourth-order valence-corrected chi connectivity index (χ4v) is 2.15. The van der Waals surface area contributed by atoms with Crippen LogP contribution in [0.1, 0.15) is 12.8 Å². The number of carbonyl (C=O) groups is 2. The topological polar surface area (TPSA) is 75.4 Å². The Morgan fingerprint density at radius 3 is 2.50 bits per heavy atom. The van der Waals surface area contributed by atoms with Crippen LogP contribution in [0.5, 0.6) is 0 Å². The molecule has 3 N–H and O–H groups in total. The third-order valence-electron chi connectivity index (χ3n) is 3.35. The first-order chi connectivity index (χ1) is 9.47. The number of hydrogen-bond donors (Lipinski definition) is 2. The SMILES string of the molecule is NC(=O)C1CCN(C(=O)Nc2cc(F)ccc2F)CC1. The smallest absolute Gasteiger partial charge is 0.321 e. The molecule has 0 bridgehead atoms. The maximum atomic E-state index is 13.4. The number of amides is 3. The minimum absolute atomic E-state index is 0.202. The van der Waals surface area contributed by atoms with Gasteiger partial charge in [0, 0.05) is 25.1 Å². The number of rotatable bonds is 2. The summed E-state index contributed by atoms with van der Waals surface area (Å²) in [5.41, 5.74) is 5.00. The van der Waals surface area contributed by atoms with E-state index in [2.05, 4.69) is 5.32 Å². The maximum absolute atomic E-state index is 13.4. The number of piperidine rings is 1. The molecule has 1 fully saturated rings. The number of primary amides is 1. The Hall–Kier alpha value is -2.18. The second-order valence-electron chi connectivity index (χ2n) is 4.72. The summed E-state index contributed by atoms with van der Waals surface area (Å²) >= 11 is 0. The van der Waals surface area contributed by atoms with Crippen molar-refractivity contribution < 1.29 is 18.4 Å². The van der Waals surface area contributed by atoms with Gasteiger partial charge in [0.05, 0.1) is 5.69 Å². The van der Waals surface area contributed by atoms with E-state index in [0.717, 1.165) is 18.2 Å². The number of benzene rings is 1. The van der Waals surface area contributed by atoms with E-state index in [-0.39, 0.29) is 17.5 Å². The van der Waals surface area contributed by atoms with E-state index in [4.69, 9.17) is 5.73 Å². The molecule has 0 aromatic heterocycles. The van der Waals surface area contributed by atoms with Crippen LogP contribution in [0, 0.1) is 17.6 Å². The summed E-state index contributed by atoms with van der Waals surface area (Å²) < 4.78 is 26.4. The van der Waals surface area contributed by atoms with Crippen LogP contribution in [0.15, 0.2) is 18.2 Å². The van der Waals surface area contributed by atoms with E-state index < -0.39 is 17.7 Å². The summed E-state index contributed by atoms with van der Waals surface area (Å²) in [7, 11) is 0. The molecule has 108 valence electrons. The monoisotopic (exact) mass is 283 g/mol. The summed E-state index contributed by atoms with van der Waals surface area (Å²) in [6.45, 7) is 0.715. The van der Waals surface area contributed by atoms with Crippen LogP contribution in [-0.4, -0.2) is 29.9 Å². The maximum Gasteiger partial charge on any atom is 0.321 e. The summed E-state index contributed by atoms with van der Waals surface area (Å²) in [4.78, 5) is 24.4. The molecular formula is C13H15F2N3O2. The highest BCUT2D eigenvalue weighted by Crippen LogP contribution is 2.19. The molecule has 1 heterocycles. The number of anilines is 1. The number of hydrogen-bond acceptors (Lipinski definition) is 2. The van der Waals surface area contributed by atoms with Gasteiger partial charge in [0.15, 0.2) is 0 Å². The van der Waals surface area contributed by atoms with Crippen molar-refractivity contribution in [1.82, 2.24) is 4.90 Å². The normalized spacial score (nSPS) is 16.0. The highest BCUT2D eigenvalue weighted by Gasteiger charge is 2.26. The van der Waals surface area contributed by atoms with Gasteiger partial charge in [-0.2, -0.15) is 0 Å². The van der Waals surface area contributed by atoms with Crippen molar-refractivity contribution >= 4 is 17.6 Å². The van der Waals surface area contributed by atoms with Crippen LogP contribution in [0.2, 0.25) is 0 Å². The zero-order valence-electron chi connectivity index (χ0n) is 10.7. The van der Waals surface area contributed by atoms with Gasteiger partial charge in [0.1, 0.15) is 11.6 Å². The van der Waals surface area contributed by atoms with E-state index >= 15 is 0 Å². The van der Waals surface area contributed by atoms with Crippen molar-refractivity contribution in [3.8, 4) is 0 Å². The Kier molecular flexibility index (Phi) is 4.16. The fourth-order valence-electron chi connectivity index (χ4n) is 2.15. The largest absolute Gasteiger partial charge is 0.369 e. The molecule has 1 aromatic carbocycles. The van der Waals surface area contributed by atoms with E-state index in [1.54, 1.807) is 0 Å². The van der Waals surface area contributed by atoms with Crippen LogP contribution in [0.25, 0.3) is 0 Å². The van der Waals surface area contributed by atoms with Crippen LogP contribution in [0.3, 0.4) is 0 Å². The Balaban J connectivity index is 1.96. The Morgan fingerprint density at radius 2 is 1.90 bits per heavy atom. The third-order valence-corrected chi connectivity index (χ3v) is 3.35. The van der Waals surface area contributed by atoms with E-state index in [1.165, 1.54) is 4.90 Å². The quantitative estimate of drug-likeness (QED) is 0.866. The molecule has 2 rings (SSSR count). The summed E-state index contributed by atoms with van der Waals surface area (Å²) in [6.07, 6.45) is 0.961. The van der Waals surface area contributed by atoms with Crippen LogP contribution < -0.4 is 11.1 Å². The molecule has 1 aliphatic heterocycles. The van der Waals surface area contributed by atoms with Gasteiger partial charge in [0.2, 0.25) is 5.91 Å². The number of carbonyl (C=O) groups excluding carboxylic acids is 2. The molecule has 1 aromatic rings. The number of nitrogens with zero attached hydrogens (tertiary/aromatic N) is 1. The first kappa shape index (κ1) is 14.2. The van der Waals surface area contributed by atoms with Crippen LogP contribution >= 0.6 is 0 Å². The summed E-state index contributed by atoms with van der Waals surface area (Å²) in [5.74, 6) is -1.94. The lowest BCUT2D eigenvalue weighted by Gasteiger charge is -2.30. The van der Waals surface area contributed by atoms with E-state index in [9.17, 15) is 18.4 Å². The highest BCUT2D eigenvalue weighted by molar-refractivity contribution is 5.89. The molecule has 0 atom stereocenters. The zero-order valence-corrected chi connectivity index (χ0v) is 10.7. The van der Waals surface area contributed by atoms with Gasteiger partial charge >= 0.3 is 6.03 Å². The molecule has 1 aliphatic rings. The van der Waals surface area contributed by atoms with Crippen molar-refractivity contribution in [1.29, 1.82) is 0 Å². The number of urea groups is 1. The third kappa shape index (κ3) is 3.23. The average Bonchev–Trinajstić information content (AvgIpc) is 2.43. The molecule has 20 heavy (non-hydrogen) atoms. The molecule has 5 nitrogen and oxygen atoms in total. The lowest BCUT2D eigenvalue weighted by Crippen LogP contribution is -2.43. The Labute approximate surface area is 114 Å². The fraction of sp³-hybridized carbons (Fsp3) is 0.385. The zero-order chi connectivity index (χ0) is 14.7. The van der Waals surface area contributed by atoms with Gasteiger partial charge < -0.3 is 16.0 Å². The molecule has 0 spiro atoms. The second kappa shape index (κ2) is 5.85. The Morgan fingerprint density at radius 1 is 1.25 bits per heavy atom. The first-order valence-corrected chi connectivity index (χ1v) is 6.27. The molecule has 0 unspecified atom stereocenters. The van der Waals surface area contributed by atoms with Crippen molar-refractivity contribution in [2.75, 3.05) is 18.4 Å².